The molecule has 1 aliphatic carbocycles. The van der Waals surface area contributed by atoms with E-state index in [0.717, 1.165) is 29.5 Å². The number of rotatable bonds is 6. The molecule has 0 radical (unpaired) electrons. The van der Waals surface area contributed by atoms with E-state index in [9.17, 15) is 19.8 Å². The van der Waals surface area contributed by atoms with Crippen molar-refractivity contribution < 1.29 is 19.8 Å². The fraction of sp³-hybridized carbons (Fsp3) is 0.545. The fourth-order valence-electron chi connectivity index (χ4n) is 6.12. The molecule has 5 nitrogen and oxygen atoms in total. The van der Waals surface area contributed by atoms with Crippen molar-refractivity contribution in [3.05, 3.63) is 34.5 Å². The van der Waals surface area contributed by atoms with Gasteiger partial charge in [-0.15, -0.1) is 0 Å². The third-order valence-corrected chi connectivity index (χ3v) is 13.6. The van der Waals surface area contributed by atoms with E-state index in [-0.39, 0.29) is 11.1 Å². The van der Waals surface area contributed by atoms with Gasteiger partial charge in [0.2, 0.25) is 0 Å². The molecule has 1 aromatic carbocycles. The first-order valence-electron chi connectivity index (χ1n) is 10.2. The number of hydrogen-bond acceptors (Lipinski definition) is 2. The zero-order valence-corrected chi connectivity index (χ0v) is 18.7. The minimum absolute atomic E-state index is 0.00356. The number of aryl methyl sites for hydroxylation is 1. The van der Waals surface area contributed by atoms with Crippen molar-refractivity contribution in [2.45, 2.75) is 77.4 Å². The minimum Gasteiger partial charge on any atom is -0.478 e. The van der Waals surface area contributed by atoms with Gasteiger partial charge in [-0.25, -0.2) is 9.59 Å². The molecule has 152 valence electrons. The van der Waals surface area contributed by atoms with Crippen LogP contribution in [0.25, 0.3) is 10.9 Å². The van der Waals surface area contributed by atoms with Crippen LogP contribution in [-0.2, 0) is 12.8 Å². The van der Waals surface area contributed by atoms with E-state index in [0.29, 0.717) is 28.4 Å². The highest BCUT2D eigenvalue weighted by molar-refractivity contribution is 6.82. The third-order valence-electron chi connectivity index (χ3n) is 6.83. The van der Waals surface area contributed by atoms with Gasteiger partial charge in [0.05, 0.1) is 11.1 Å². The standard InChI is InChI=1S/C22H31NO4Si/c1-12(2)28(13(3)4,14(5)6)23-11-10-17-19(22(26)27)18(21(24)25)15-8-7-9-16(15)20(17)23/h10-14H,7-9H2,1-6H3,(H,24,25)(H,26,27). The number of carboxylic acid groups (broad SMARTS) is 2. The molecule has 0 aliphatic heterocycles. The molecule has 0 saturated carbocycles. The summed E-state index contributed by atoms with van der Waals surface area (Å²) in [6.45, 7) is 13.7. The van der Waals surface area contributed by atoms with Crippen molar-refractivity contribution in [3.8, 4) is 0 Å². The molecular formula is C22H31NO4Si. The average molecular weight is 402 g/mol. The Morgan fingerprint density at radius 1 is 0.893 bits per heavy atom. The highest BCUT2D eigenvalue weighted by Gasteiger charge is 2.46. The summed E-state index contributed by atoms with van der Waals surface area (Å²) in [7, 11) is -2.08. The Labute approximate surface area is 167 Å². The van der Waals surface area contributed by atoms with E-state index in [1.165, 1.54) is 0 Å². The maximum atomic E-state index is 12.1. The monoisotopic (exact) mass is 401 g/mol. The highest BCUT2D eigenvalue weighted by atomic mass is 28.3. The second kappa shape index (κ2) is 7.06. The van der Waals surface area contributed by atoms with E-state index in [2.05, 4.69) is 45.8 Å². The Kier molecular flexibility index (Phi) is 5.21. The van der Waals surface area contributed by atoms with Crippen LogP contribution in [0.3, 0.4) is 0 Å². The number of carbonyl (C=O) groups is 2. The molecule has 1 heterocycles. The summed E-state index contributed by atoms with van der Waals surface area (Å²) in [6.07, 6.45) is 4.37. The van der Waals surface area contributed by atoms with Crippen LogP contribution >= 0.6 is 0 Å². The summed E-state index contributed by atoms with van der Waals surface area (Å²) in [6, 6.07) is 1.85. The lowest BCUT2D eigenvalue weighted by Gasteiger charge is -2.45. The van der Waals surface area contributed by atoms with E-state index in [1.807, 2.05) is 12.3 Å². The Morgan fingerprint density at radius 2 is 1.39 bits per heavy atom. The van der Waals surface area contributed by atoms with Gasteiger partial charge >= 0.3 is 11.9 Å². The number of benzene rings is 1. The largest absolute Gasteiger partial charge is 0.478 e. The maximum Gasteiger partial charge on any atom is 0.337 e. The van der Waals surface area contributed by atoms with E-state index >= 15 is 0 Å². The Balaban J connectivity index is 2.53. The van der Waals surface area contributed by atoms with Gasteiger partial charge in [0, 0.05) is 10.9 Å². The van der Waals surface area contributed by atoms with E-state index in [4.69, 9.17) is 0 Å². The van der Waals surface area contributed by atoms with Crippen LogP contribution in [0.15, 0.2) is 12.3 Å². The van der Waals surface area contributed by atoms with Gasteiger partial charge in [-0.3, -0.25) is 0 Å². The number of fused-ring (bicyclic) bond motifs is 3. The van der Waals surface area contributed by atoms with Crippen LogP contribution in [0.1, 0.15) is 79.8 Å². The molecule has 3 rings (SSSR count). The minimum atomic E-state index is -2.08. The van der Waals surface area contributed by atoms with Crippen molar-refractivity contribution >= 4 is 31.1 Å². The Morgan fingerprint density at radius 3 is 1.86 bits per heavy atom. The van der Waals surface area contributed by atoms with Crippen molar-refractivity contribution in [1.29, 1.82) is 0 Å². The number of hydrogen-bond donors (Lipinski definition) is 2. The molecule has 6 heteroatoms. The smallest absolute Gasteiger partial charge is 0.337 e. The third kappa shape index (κ3) is 2.64. The first-order valence-corrected chi connectivity index (χ1v) is 12.4. The van der Waals surface area contributed by atoms with Crippen LogP contribution in [0.4, 0.5) is 0 Å². The molecule has 1 aromatic heterocycles. The zero-order valence-electron chi connectivity index (χ0n) is 17.7. The predicted molar refractivity (Wildman–Crippen MR) is 114 cm³/mol. The van der Waals surface area contributed by atoms with Crippen molar-refractivity contribution in [3.63, 3.8) is 0 Å². The van der Waals surface area contributed by atoms with Crippen molar-refractivity contribution in [2.24, 2.45) is 0 Å². The number of aromatic carboxylic acids is 2. The van der Waals surface area contributed by atoms with Gasteiger partial charge in [0.25, 0.3) is 0 Å². The van der Waals surface area contributed by atoms with Gasteiger partial charge in [-0.05, 0) is 59.3 Å². The first kappa shape index (κ1) is 20.6. The molecular weight excluding hydrogens is 370 g/mol. The van der Waals surface area contributed by atoms with Gasteiger partial charge in [-0.1, -0.05) is 41.5 Å². The molecule has 28 heavy (non-hydrogen) atoms. The molecule has 0 saturated heterocycles. The Bertz CT molecular complexity index is 934. The lowest BCUT2D eigenvalue weighted by molar-refractivity contribution is 0.0652. The summed E-state index contributed by atoms with van der Waals surface area (Å²) < 4.78 is 2.42. The Hall–Kier alpha value is -2.08. The summed E-state index contributed by atoms with van der Waals surface area (Å²) in [5, 5.41) is 20.3. The summed E-state index contributed by atoms with van der Waals surface area (Å²) in [5.41, 5.74) is 4.13. The van der Waals surface area contributed by atoms with E-state index in [1.54, 1.807) is 0 Å². The molecule has 2 N–H and O–H groups in total. The molecule has 0 fully saturated rings. The molecule has 0 atom stereocenters. The van der Waals surface area contributed by atoms with Crippen LogP contribution in [0.2, 0.25) is 16.6 Å². The lowest BCUT2D eigenvalue weighted by Crippen LogP contribution is -2.51. The highest BCUT2D eigenvalue weighted by Crippen LogP contribution is 2.46. The summed E-state index contributed by atoms with van der Waals surface area (Å²) in [5.74, 6) is -2.29. The van der Waals surface area contributed by atoms with Crippen LogP contribution < -0.4 is 0 Å². The molecule has 0 bridgehead atoms. The summed E-state index contributed by atoms with van der Waals surface area (Å²) >= 11 is 0. The van der Waals surface area contributed by atoms with E-state index < -0.39 is 20.2 Å². The van der Waals surface area contributed by atoms with Gasteiger partial charge in [0.15, 0.2) is 8.24 Å². The van der Waals surface area contributed by atoms with Crippen molar-refractivity contribution in [1.82, 2.24) is 4.23 Å². The second-order valence-electron chi connectivity index (χ2n) is 8.97. The topological polar surface area (TPSA) is 79.5 Å². The first-order chi connectivity index (χ1) is 13.1. The zero-order chi connectivity index (χ0) is 21.0. The molecule has 0 unspecified atom stereocenters. The molecule has 2 aromatic rings. The maximum absolute atomic E-state index is 12.1. The molecule has 0 amide bonds. The van der Waals surface area contributed by atoms with Crippen LogP contribution in [-0.4, -0.2) is 34.6 Å². The number of nitrogens with zero attached hydrogens (tertiary/aromatic N) is 1. The van der Waals surface area contributed by atoms with Crippen molar-refractivity contribution in [2.75, 3.05) is 0 Å². The normalized spacial score (nSPS) is 14.5. The van der Waals surface area contributed by atoms with Gasteiger partial charge < -0.3 is 14.4 Å². The predicted octanol–water partition coefficient (Wildman–Crippen LogP) is 5.55. The fourth-order valence-corrected chi connectivity index (χ4v) is 12.8. The van der Waals surface area contributed by atoms with Gasteiger partial charge in [0.1, 0.15) is 0 Å². The molecule has 0 spiro atoms. The van der Waals surface area contributed by atoms with Crippen LogP contribution in [0, 0.1) is 0 Å². The summed E-state index contributed by atoms with van der Waals surface area (Å²) in [4.78, 5) is 24.1. The number of aromatic nitrogens is 1. The van der Waals surface area contributed by atoms with Gasteiger partial charge in [-0.2, -0.15) is 0 Å². The van der Waals surface area contributed by atoms with Crippen LogP contribution in [0.5, 0.6) is 0 Å². The second-order valence-corrected chi connectivity index (χ2v) is 14.7. The lowest BCUT2D eigenvalue weighted by atomic mass is 9.94. The molecule has 1 aliphatic rings. The average Bonchev–Trinajstić information content (AvgIpc) is 3.19. The number of carboxylic acids is 2. The quantitative estimate of drug-likeness (QED) is 0.622. The SMILES string of the molecule is CC(C)[Si](C(C)C)(C(C)C)n1ccc2c(C(=O)O)c(C(=O)O)c3c(c21)CCC3.